The summed E-state index contributed by atoms with van der Waals surface area (Å²) >= 11 is 0. The first-order valence-electron chi connectivity index (χ1n) is 8.90. The zero-order valence-electron chi connectivity index (χ0n) is 16.0. The second kappa shape index (κ2) is 8.59. The van der Waals surface area contributed by atoms with Crippen LogP contribution in [0.4, 0.5) is 0 Å². The molecule has 0 spiro atoms. The van der Waals surface area contributed by atoms with Crippen LogP contribution in [-0.2, 0) is 10.0 Å². The highest BCUT2D eigenvalue weighted by molar-refractivity contribution is 7.90. The van der Waals surface area contributed by atoms with Crippen molar-refractivity contribution in [1.82, 2.24) is 4.72 Å². The molecule has 0 unspecified atom stereocenters. The number of aliphatic hydroxyl groups is 1. The Morgan fingerprint density at radius 1 is 0.900 bits per heavy atom. The molecule has 3 aromatic rings. The number of nitrogens with one attached hydrogen (secondary N) is 1. The lowest BCUT2D eigenvalue weighted by Gasteiger charge is -2.10. The van der Waals surface area contributed by atoms with Gasteiger partial charge in [-0.25, -0.2) is 13.1 Å². The second-order valence-corrected chi connectivity index (χ2v) is 8.14. The maximum absolute atomic E-state index is 12.8. The normalized spacial score (nSPS) is 11.9. The highest BCUT2D eigenvalue weighted by Gasteiger charge is 2.27. The van der Waals surface area contributed by atoms with Gasteiger partial charge in [0.15, 0.2) is 4.98 Å². The average Bonchev–Trinajstić information content (AvgIpc) is 2.75. The number of nitrogens with zero attached hydrogens (tertiary/aromatic N) is 2. The molecule has 30 heavy (non-hydrogen) atoms. The SMILES string of the molecule is Cc1ccc(S(=O)(=O)NC(=O)c2ccccc2/C(O)=C(\[N+]#N)c2ccccc2)cc1. The van der Waals surface area contributed by atoms with Gasteiger partial charge in [0.1, 0.15) is 0 Å². The topological polar surface area (TPSA) is 112 Å². The van der Waals surface area contributed by atoms with Gasteiger partial charge in [-0.3, -0.25) is 4.79 Å². The van der Waals surface area contributed by atoms with Crippen molar-refractivity contribution >= 4 is 27.4 Å². The summed E-state index contributed by atoms with van der Waals surface area (Å²) in [5.74, 6) is -1.40. The predicted molar refractivity (Wildman–Crippen MR) is 113 cm³/mol. The average molecular weight is 420 g/mol. The van der Waals surface area contributed by atoms with E-state index in [9.17, 15) is 23.7 Å². The number of hydrogen-bond acceptors (Lipinski definition) is 5. The molecule has 0 atom stereocenters. The van der Waals surface area contributed by atoms with Crippen LogP contribution in [0.5, 0.6) is 0 Å². The third kappa shape index (κ3) is 4.37. The van der Waals surface area contributed by atoms with Gasteiger partial charge < -0.3 is 5.11 Å². The van der Waals surface area contributed by atoms with Crippen molar-refractivity contribution in [2.24, 2.45) is 0 Å². The lowest BCUT2D eigenvalue weighted by Crippen LogP contribution is -2.31. The van der Waals surface area contributed by atoms with Crippen molar-refractivity contribution in [3.8, 4) is 0 Å². The van der Waals surface area contributed by atoms with Crippen molar-refractivity contribution in [2.75, 3.05) is 0 Å². The van der Waals surface area contributed by atoms with Gasteiger partial charge in [0.2, 0.25) is 11.2 Å². The summed E-state index contributed by atoms with van der Waals surface area (Å²) in [6.45, 7) is 1.82. The molecule has 0 radical (unpaired) electrons. The van der Waals surface area contributed by atoms with Crippen molar-refractivity contribution in [3.63, 3.8) is 0 Å². The molecule has 0 saturated heterocycles. The van der Waals surface area contributed by atoms with Gasteiger partial charge >= 0.3 is 5.70 Å². The minimum Gasteiger partial charge on any atom is -0.501 e. The Balaban J connectivity index is 2.01. The van der Waals surface area contributed by atoms with Crippen LogP contribution in [0.2, 0.25) is 0 Å². The monoisotopic (exact) mass is 420 g/mol. The highest BCUT2D eigenvalue weighted by atomic mass is 32.2. The van der Waals surface area contributed by atoms with E-state index in [0.29, 0.717) is 5.56 Å². The molecule has 0 saturated carbocycles. The molecule has 150 valence electrons. The second-order valence-electron chi connectivity index (χ2n) is 6.46. The van der Waals surface area contributed by atoms with Crippen LogP contribution in [0.25, 0.3) is 16.4 Å². The van der Waals surface area contributed by atoms with Gasteiger partial charge in [0, 0.05) is 5.56 Å². The van der Waals surface area contributed by atoms with Crippen molar-refractivity contribution in [1.29, 1.82) is 5.39 Å². The van der Waals surface area contributed by atoms with Crippen LogP contribution in [0.15, 0.2) is 83.8 Å². The van der Waals surface area contributed by atoms with Crippen LogP contribution in [0.1, 0.15) is 27.0 Å². The van der Waals surface area contributed by atoms with Crippen molar-refractivity contribution in [3.05, 3.63) is 106 Å². The molecule has 0 bridgehead atoms. The molecule has 0 aliphatic heterocycles. The maximum Gasteiger partial charge on any atom is 0.433 e. The van der Waals surface area contributed by atoms with E-state index >= 15 is 0 Å². The molecular weight excluding hydrogens is 402 g/mol. The summed E-state index contributed by atoms with van der Waals surface area (Å²) in [6.07, 6.45) is 0. The Morgan fingerprint density at radius 3 is 2.07 bits per heavy atom. The number of aryl methyl sites for hydroxylation is 1. The number of sulfonamides is 1. The molecule has 8 heteroatoms. The van der Waals surface area contributed by atoms with E-state index in [1.807, 2.05) is 11.6 Å². The largest absolute Gasteiger partial charge is 0.501 e. The third-order valence-corrected chi connectivity index (χ3v) is 5.70. The zero-order valence-corrected chi connectivity index (χ0v) is 16.8. The zero-order chi connectivity index (χ0) is 21.7. The van der Waals surface area contributed by atoms with Gasteiger partial charge in [0.05, 0.1) is 16.0 Å². The number of amides is 1. The number of carbonyl (C=O) groups is 1. The van der Waals surface area contributed by atoms with E-state index in [-0.39, 0.29) is 21.7 Å². The van der Waals surface area contributed by atoms with Gasteiger partial charge in [-0.2, -0.15) is 0 Å². The first kappa shape index (κ1) is 20.8. The quantitative estimate of drug-likeness (QED) is 0.362. The van der Waals surface area contributed by atoms with Crippen LogP contribution in [0, 0.1) is 12.3 Å². The minimum atomic E-state index is -4.11. The molecular formula is C22H18N3O4S+. The fourth-order valence-corrected chi connectivity index (χ4v) is 3.77. The summed E-state index contributed by atoms with van der Waals surface area (Å²) in [5.41, 5.74) is 1.06. The first-order chi connectivity index (χ1) is 14.3. The van der Waals surface area contributed by atoms with E-state index in [1.165, 1.54) is 30.3 Å². The number of aliphatic hydroxyl groups excluding tert-OH is 1. The fraction of sp³-hybridized carbons (Fsp3) is 0.0455. The number of carbonyl (C=O) groups excluding carboxylic acids is 1. The van der Waals surface area contributed by atoms with E-state index in [2.05, 4.69) is 4.98 Å². The van der Waals surface area contributed by atoms with Crippen LogP contribution >= 0.6 is 0 Å². The lowest BCUT2D eigenvalue weighted by molar-refractivity contribution is 0.0980. The standard InChI is InChI=1S/C22H17N3O4S/c1-15-11-13-17(14-12-15)30(28,29)25-22(27)19-10-6-5-9-18(19)21(26)20(24-23)16-7-3-2-4-8-16/h2-14H,1H3,(H-,25,26,27)/p+1/b21-20+. The molecule has 0 aliphatic carbocycles. The van der Waals surface area contributed by atoms with Crippen molar-refractivity contribution < 1.29 is 18.3 Å². The Labute approximate surface area is 174 Å². The van der Waals surface area contributed by atoms with Gasteiger partial charge in [-0.1, -0.05) is 54.1 Å². The highest BCUT2D eigenvalue weighted by Crippen LogP contribution is 2.28. The maximum atomic E-state index is 12.8. The number of benzene rings is 3. The van der Waals surface area contributed by atoms with E-state index in [4.69, 9.17) is 0 Å². The smallest absolute Gasteiger partial charge is 0.433 e. The summed E-state index contributed by atoms with van der Waals surface area (Å²) in [4.78, 5) is 15.8. The molecule has 1 amide bonds. The molecule has 0 aromatic heterocycles. The predicted octanol–water partition coefficient (Wildman–Crippen LogP) is 4.35. The molecule has 2 N–H and O–H groups in total. The molecule has 3 aromatic carbocycles. The van der Waals surface area contributed by atoms with Gasteiger partial charge in [-0.15, -0.1) is 0 Å². The van der Waals surface area contributed by atoms with Crippen LogP contribution < -0.4 is 4.72 Å². The van der Waals surface area contributed by atoms with Gasteiger partial charge in [-0.05, 0) is 37.3 Å². The Morgan fingerprint density at radius 2 is 1.47 bits per heavy atom. The van der Waals surface area contributed by atoms with Crippen molar-refractivity contribution in [2.45, 2.75) is 11.8 Å². The summed E-state index contributed by atoms with van der Waals surface area (Å²) in [5, 5.41) is 20.1. The summed E-state index contributed by atoms with van der Waals surface area (Å²) in [6, 6.07) is 20.3. The third-order valence-electron chi connectivity index (χ3n) is 4.36. The molecule has 3 rings (SSSR count). The Kier molecular flexibility index (Phi) is 5.95. The lowest BCUT2D eigenvalue weighted by atomic mass is 10.0. The molecule has 7 nitrogen and oxygen atoms in total. The Bertz CT molecular complexity index is 1260. The minimum absolute atomic E-state index is 0.0192. The Hall–Kier alpha value is -3.96. The van der Waals surface area contributed by atoms with Gasteiger partial charge in [0.25, 0.3) is 15.9 Å². The van der Waals surface area contributed by atoms with E-state index in [0.717, 1.165) is 5.56 Å². The number of diazo groups is 1. The number of hydrogen-bond donors (Lipinski definition) is 2. The summed E-state index contributed by atoms with van der Waals surface area (Å²) < 4.78 is 27.1. The number of rotatable bonds is 5. The summed E-state index contributed by atoms with van der Waals surface area (Å²) in [7, 11) is -4.11. The van der Waals surface area contributed by atoms with E-state index < -0.39 is 21.7 Å². The molecule has 0 heterocycles. The van der Waals surface area contributed by atoms with E-state index in [1.54, 1.807) is 48.5 Å². The molecule has 0 fully saturated rings. The van der Waals surface area contributed by atoms with Crippen LogP contribution in [-0.4, -0.2) is 19.4 Å². The molecule has 0 aliphatic rings. The fourth-order valence-electron chi connectivity index (χ4n) is 2.81. The van der Waals surface area contributed by atoms with Crippen LogP contribution in [0.3, 0.4) is 0 Å². The first-order valence-corrected chi connectivity index (χ1v) is 10.4.